The third-order valence-electron chi connectivity index (χ3n) is 3.22. The third kappa shape index (κ3) is 4.97. The Morgan fingerprint density at radius 3 is 2.50 bits per heavy atom. The van der Waals surface area contributed by atoms with Crippen LogP contribution in [0.2, 0.25) is 5.02 Å². The molecule has 3 nitrogen and oxygen atoms in total. The summed E-state index contributed by atoms with van der Waals surface area (Å²) < 4.78 is 5.22. The van der Waals surface area contributed by atoms with Gasteiger partial charge in [-0.25, -0.2) is 0 Å². The molecular weight excluding hydrogens is 272 g/mol. The van der Waals surface area contributed by atoms with Crippen molar-refractivity contribution in [2.24, 2.45) is 0 Å². The highest BCUT2D eigenvalue weighted by Crippen LogP contribution is 2.31. The summed E-state index contributed by atoms with van der Waals surface area (Å²) in [7, 11) is 1.73. The Balaban J connectivity index is 3.04. The summed E-state index contributed by atoms with van der Waals surface area (Å²) in [6.45, 7) is 11.0. The van der Waals surface area contributed by atoms with Crippen molar-refractivity contribution in [3.05, 3.63) is 28.8 Å². The van der Waals surface area contributed by atoms with Crippen molar-refractivity contribution in [2.45, 2.75) is 46.3 Å². The Bertz CT molecular complexity index is 407. The lowest BCUT2D eigenvalue weighted by molar-refractivity contribution is 0.204. The number of rotatable bonds is 8. The lowest BCUT2D eigenvalue weighted by Gasteiger charge is -2.32. The van der Waals surface area contributed by atoms with E-state index in [0.717, 1.165) is 23.8 Å². The number of methoxy groups -OCH3 is 1. The molecule has 0 fully saturated rings. The Hall–Kier alpha value is -0.770. The van der Waals surface area contributed by atoms with Crippen molar-refractivity contribution in [2.75, 3.05) is 25.2 Å². The van der Waals surface area contributed by atoms with Gasteiger partial charge in [0.15, 0.2) is 0 Å². The van der Waals surface area contributed by atoms with E-state index in [0.29, 0.717) is 18.7 Å². The van der Waals surface area contributed by atoms with Gasteiger partial charge in [0.25, 0.3) is 0 Å². The highest BCUT2D eigenvalue weighted by atomic mass is 35.5. The molecule has 0 aliphatic heterocycles. The average molecular weight is 299 g/mol. The monoisotopic (exact) mass is 298 g/mol. The molecule has 0 amide bonds. The molecule has 114 valence electrons. The zero-order valence-electron chi connectivity index (χ0n) is 13.2. The average Bonchev–Trinajstić information content (AvgIpc) is 2.38. The van der Waals surface area contributed by atoms with E-state index in [4.69, 9.17) is 16.3 Å². The number of nitrogens with one attached hydrogen (secondary N) is 1. The summed E-state index contributed by atoms with van der Waals surface area (Å²) in [4.78, 5) is 2.31. The zero-order chi connectivity index (χ0) is 15.1. The van der Waals surface area contributed by atoms with E-state index in [-0.39, 0.29) is 0 Å². The molecule has 1 aromatic carbocycles. The van der Waals surface area contributed by atoms with Gasteiger partial charge < -0.3 is 15.0 Å². The lowest BCUT2D eigenvalue weighted by Crippen LogP contribution is -2.35. The van der Waals surface area contributed by atoms with Gasteiger partial charge in [-0.3, -0.25) is 0 Å². The fourth-order valence-corrected chi connectivity index (χ4v) is 2.46. The molecule has 0 aliphatic rings. The zero-order valence-corrected chi connectivity index (χ0v) is 14.0. The first kappa shape index (κ1) is 17.3. The molecular formula is C16H27ClN2O. The number of halogens is 1. The van der Waals surface area contributed by atoms with Crippen LogP contribution >= 0.6 is 11.6 Å². The van der Waals surface area contributed by atoms with Crippen LogP contribution in [-0.4, -0.2) is 32.3 Å². The van der Waals surface area contributed by atoms with E-state index in [1.54, 1.807) is 7.11 Å². The molecule has 0 atom stereocenters. The van der Waals surface area contributed by atoms with Gasteiger partial charge in [0.2, 0.25) is 0 Å². The second-order valence-electron chi connectivity index (χ2n) is 5.56. The second-order valence-corrected chi connectivity index (χ2v) is 5.97. The molecule has 1 N–H and O–H groups in total. The van der Waals surface area contributed by atoms with Crippen LogP contribution in [0.5, 0.6) is 0 Å². The Morgan fingerprint density at radius 1 is 1.25 bits per heavy atom. The predicted molar refractivity (Wildman–Crippen MR) is 87.8 cm³/mol. The van der Waals surface area contributed by atoms with Gasteiger partial charge in [-0.1, -0.05) is 37.6 Å². The van der Waals surface area contributed by atoms with Gasteiger partial charge in [-0.15, -0.1) is 0 Å². The Morgan fingerprint density at radius 2 is 1.95 bits per heavy atom. The van der Waals surface area contributed by atoms with E-state index in [1.807, 2.05) is 12.1 Å². The maximum atomic E-state index is 6.45. The summed E-state index contributed by atoms with van der Waals surface area (Å²) >= 11 is 6.45. The minimum absolute atomic E-state index is 0.378. The van der Waals surface area contributed by atoms with Crippen molar-refractivity contribution >= 4 is 17.3 Å². The van der Waals surface area contributed by atoms with Crippen LogP contribution in [0.25, 0.3) is 0 Å². The highest BCUT2D eigenvalue weighted by molar-refractivity contribution is 6.33. The van der Waals surface area contributed by atoms with E-state index in [9.17, 15) is 0 Å². The van der Waals surface area contributed by atoms with Crippen molar-refractivity contribution in [1.29, 1.82) is 0 Å². The van der Waals surface area contributed by atoms with E-state index >= 15 is 0 Å². The molecule has 0 aromatic heterocycles. The molecule has 1 aromatic rings. The van der Waals surface area contributed by atoms with Crippen LogP contribution in [0.15, 0.2) is 18.2 Å². The molecule has 0 saturated heterocycles. The number of benzene rings is 1. The molecule has 20 heavy (non-hydrogen) atoms. The van der Waals surface area contributed by atoms with Crippen molar-refractivity contribution < 1.29 is 4.74 Å². The summed E-state index contributed by atoms with van der Waals surface area (Å²) in [5, 5.41) is 4.27. The first-order valence-electron chi connectivity index (χ1n) is 7.23. The van der Waals surface area contributed by atoms with Crippen LogP contribution in [0.1, 0.15) is 33.3 Å². The van der Waals surface area contributed by atoms with Gasteiger partial charge in [0.1, 0.15) is 0 Å². The van der Waals surface area contributed by atoms with E-state index in [1.165, 1.54) is 5.56 Å². The minimum Gasteiger partial charge on any atom is -0.383 e. The van der Waals surface area contributed by atoms with Crippen molar-refractivity contribution in [3.63, 3.8) is 0 Å². The van der Waals surface area contributed by atoms with Crippen molar-refractivity contribution in [3.8, 4) is 0 Å². The summed E-state index contributed by atoms with van der Waals surface area (Å²) in [5.41, 5.74) is 2.35. The third-order valence-corrected chi connectivity index (χ3v) is 3.52. The highest BCUT2D eigenvalue weighted by Gasteiger charge is 2.17. The largest absolute Gasteiger partial charge is 0.383 e. The maximum absolute atomic E-state index is 6.45. The fourth-order valence-electron chi connectivity index (χ4n) is 2.16. The van der Waals surface area contributed by atoms with Crippen LogP contribution in [0, 0.1) is 0 Å². The lowest BCUT2D eigenvalue weighted by atomic mass is 10.1. The van der Waals surface area contributed by atoms with Gasteiger partial charge in [-0.2, -0.15) is 0 Å². The molecule has 0 heterocycles. The van der Waals surface area contributed by atoms with Crippen LogP contribution in [0.3, 0.4) is 0 Å². The second kappa shape index (κ2) is 8.50. The fraction of sp³-hybridized carbons (Fsp3) is 0.625. The van der Waals surface area contributed by atoms with Gasteiger partial charge in [0, 0.05) is 32.3 Å². The topological polar surface area (TPSA) is 24.5 Å². The molecule has 1 rings (SSSR count). The summed E-state index contributed by atoms with van der Waals surface area (Å²) in [6, 6.07) is 6.94. The molecule has 4 heteroatoms. The first-order valence-corrected chi connectivity index (χ1v) is 7.61. The maximum Gasteiger partial charge on any atom is 0.0643 e. The number of para-hydroxylation sites is 1. The van der Waals surface area contributed by atoms with Gasteiger partial charge in [0.05, 0.1) is 17.3 Å². The number of hydrogen-bond donors (Lipinski definition) is 1. The predicted octanol–water partition coefficient (Wildman–Crippen LogP) is 3.70. The SMILES string of the molecule is COCCN(c1c(Cl)cccc1CNC(C)C)C(C)C. The van der Waals surface area contributed by atoms with E-state index in [2.05, 4.69) is 44.0 Å². The normalized spacial score (nSPS) is 11.4. The number of nitrogens with zero attached hydrogens (tertiary/aromatic N) is 1. The molecule has 0 spiro atoms. The van der Waals surface area contributed by atoms with Gasteiger partial charge in [-0.05, 0) is 25.5 Å². The first-order chi connectivity index (χ1) is 9.47. The number of ether oxygens (including phenoxy) is 1. The molecule has 0 unspecified atom stereocenters. The number of anilines is 1. The summed E-state index contributed by atoms with van der Waals surface area (Å²) in [6.07, 6.45) is 0. The van der Waals surface area contributed by atoms with Crippen LogP contribution in [0.4, 0.5) is 5.69 Å². The Labute approximate surface area is 128 Å². The van der Waals surface area contributed by atoms with Gasteiger partial charge >= 0.3 is 0 Å². The Kier molecular flexibility index (Phi) is 7.35. The molecule has 0 bridgehead atoms. The van der Waals surface area contributed by atoms with Crippen molar-refractivity contribution in [1.82, 2.24) is 5.32 Å². The van der Waals surface area contributed by atoms with Crippen LogP contribution < -0.4 is 10.2 Å². The summed E-state index contributed by atoms with van der Waals surface area (Å²) in [5.74, 6) is 0. The standard InChI is InChI=1S/C16H27ClN2O/c1-12(2)18-11-14-7-6-8-15(17)16(14)19(13(3)4)9-10-20-5/h6-8,12-13,18H,9-11H2,1-5H3. The molecule has 0 saturated carbocycles. The smallest absolute Gasteiger partial charge is 0.0643 e. The quantitative estimate of drug-likeness (QED) is 0.792. The molecule has 0 aliphatic carbocycles. The van der Waals surface area contributed by atoms with E-state index < -0.39 is 0 Å². The molecule has 0 radical (unpaired) electrons. The number of hydrogen-bond acceptors (Lipinski definition) is 3. The van der Waals surface area contributed by atoms with Crippen LogP contribution in [-0.2, 0) is 11.3 Å². The minimum atomic E-state index is 0.378.